The Hall–Kier alpha value is -1.44. The molecule has 2 aliphatic heterocycles. The summed E-state index contributed by atoms with van der Waals surface area (Å²) < 4.78 is 11.1. The first-order valence-electron chi connectivity index (χ1n) is 7.67. The summed E-state index contributed by atoms with van der Waals surface area (Å²) in [5.74, 6) is 0.150. The van der Waals surface area contributed by atoms with Crippen LogP contribution in [0.5, 0.6) is 0 Å². The number of aromatic nitrogens is 1. The van der Waals surface area contributed by atoms with E-state index in [-0.39, 0.29) is 23.3 Å². The molecular weight excluding hydrogens is 286 g/mol. The van der Waals surface area contributed by atoms with Crippen molar-refractivity contribution in [2.45, 2.75) is 43.4 Å². The van der Waals surface area contributed by atoms with Crippen LogP contribution in [0, 0.1) is 0 Å². The average Bonchev–Trinajstić information content (AvgIpc) is 3.04. The Kier molecular flexibility index (Phi) is 3.96. The number of amides is 1. The minimum atomic E-state index is -0.854. The molecule has 122 valence electrons. The van der Waals surface area contributed by atoms with E-state index in [9.17, 15) is 9.90 Å². The minimum Gasteiger partial charge on any atom is -0.438 e. The van der Waals surface area contributed by atoms with Gasteiger partial charge in [-0.1, -0.05) is 0 Å². The topological polar surface area (TPSA) is 87.8 Å². The lowest BCUT2D eigenvalue weighted by molar-refractivity contribution is -0.189. The van der Waals surface area contributed by atoms with E-state index in [0.717, 1.165) is 19.3 Å². The third-order valence-electron chi connectivity index (χ3n) is 4.95. The molecule has 0 radical (unpaired) electrons. The molecule has 1 aromatic rings. The van der Waals surface area contributed by atoms with Crippen molar-refractivity contribution < 1.29 is 19.1 Å². The first-order valence-corrected chi connectivity index (χ1v) is 7.67. The highest BCUT2D eigenvalue weighted by Gasteiger charge is 2.48. The summed E-state index contributed by atoms with van der Waals surface area (Å²) in [6, 6.07) is -0.00206. The van der Waals surface area contributed by atoms with Gasteiger partial charge in [0.15, 0.2) is 6.39 Å². The van der Waals surface area contributed by atoms with Crippen molar-refractivity contribution in [3.05, 3.63) is 18.4 Å². The zero-order chi connectivity index (χ0) is 15.8. The predicted molar refractivity (Wildman–Crippen MR) is 78.4 cm³/mol. The van der Waals surface area contributed by atoms with Gasteiger partial charge in [-0.15, -0.1) is 0 Å². The molecule has 0 bridgehead atoms. The van der Waals surface area contributed by atoms with E-state index < -0.39 is 5.60 Å². The number of hydrogen-bond acceptors (Lipinski definition) is 6. The molecule has 22 heavy (non-hydrogen) atoms. The molecule has 2 fully saturated rings. The molecule has 0 aromatic carbocycles. The average molecular weight is 309 g/mol. The molecule has 7 heteroatoms. The summed E-state index contributed by atoms with van der Waals surface area (Å²) in [7, 11) is 1.86. The molecule has 3 heterocycles. The van der Waals surface area contributed by atoms with Crippen LogP contribution in [0.3, 0.4) is 0 Å². The molecule has 2 saturated heterocycles. The Balaban J connectivity index is 1.63. The number of likely N-dealkylation sites (N-methyl/N-ethyl adjacent to an activating group) is 1. The monoisotopic (exact) mass is 309 g/mol. The van der Waals surface area contributed by atoms with E-state index in [1.54, 1.807) is 11.8 Å². The number of rotatable bonds is 2. The standard InChI is InChI=1S/C15H23N3O4/c1-14(20)9-22-15(7-12(14)16-2)3-5-18(6-4-15)13(19)11-8-17-10-21-11/h8,10,12,16,20H,3-7,9H2,1-2H3/t12-,14-/m0/s1. The van der Waals surface area contributed by atoms with Crippen LogP contribution in [0.15, 0.2) is 17.0 Å². The number of oxazole rings is 1. The number of nitrogens with one attached hydrogen (secondary N) is 1. The van der Waals surface area contributed by atoms with E-state index in [1.807, 2.05) is 7.05 Å². The van der Waals surface area contributed by atoms with E-state index >= 15 is 0 Å². The fourth-order valence-electron chi connectivity index (χ4n) is 3.41. The lowest BCUT2D eigenvalue weighted by Gasteiger charge is -2.50. The number of likely N-dealkylation sites (tertiary alicyclic amines) is 1. The molecule has 1 aromatic heterocycles. The van der Waals surface area contributed by atoms with Crippen molar-refractivity contribution in [2.75, 3.05) is 26.7 Å². The van der Waals surface area contributed by atoms with Gasteiger partial charge >= 0.3 is 0 Å². The second-order valence-electron chi connectivity index (χ2n) is 6.53. The van der Waals surface area contributed by atoms with Crippen molar-refractivity contribution >= 4 is 5.91 Å². The lowest BCUT2D eigenvalue weighted by atomic mass is 9.77. The number of nitrogens with zero attached hydrogens (tertiary/aromatic N) is 2. The summed E-state index contributed by atoms with van der Waals surface area (Å²) in [6.07, 6.45) is 4.99. The molecule has 2 aliphatic rings. The molecule has 0 unspecified atom stereocenters. The predicted octanol–water partition coefficient (Wildman–Crippen LogP) is 0.409. The zero-order valence-corrected chi connectivity index (χ0v) is 13.0. The SMILES string of the molecule is CN[C@H]1CC2(CCN(C(=O)c3cnco3)CC2)OC[C@]1(C)O. The molecular formula is C15H23N3O4. The van der Waals surface area contributed by atoms with Crippen LogP contribution in [-0.2, 0) is 4.74 Å². The molecule has 7 nitrogen and oxygen atoms in total. The van der Waals surface area contributed by atoms with E-state index in [2.05, 4.69) is 10.3 Å². The first-order chi connectivity index (χ1) is 10.5. The van der Waals surface area contributed by atoms with Crippen LogP contribution < -0.4 is 5.32 Å². The third-order valence-corrected chi connectivity index (χ3v) is 4.95. The molecule has 1 amide bonds. The highest BCUT2D eigenvalue weighted by molar-refractivity contribution is 5.91. The van der Waals surface area contributed by atoms with Crippen LogP contribution in [0.1, 0.15) is 36.7 Å². The fourth-order valence-corrected chi connectivity index (χ4v) is 3.41. The summed E-state index contributed by atoms with van der Waals surface area (Å²) in [5.41, 5.74) is -1.11. The molecule has 0 saturated carbocycles. The number of ether oxygens (including phenoxy) is 1. The Morgan fingerprint density at radius 1 is 1.50 bits per heavy atom. The Morgan fingerprint density at radius 3 is 2.82 bits per heavy atom. The molecule has 1 spiro atoms. The van der Waals surface area contributed by atoms with Gasteiger partial charge < -0.3 is 24.5 Å². The van der Waals surface area contributed by atoms with Gasteiger partial charge in [0.05, 0.1) is 18.4 Å². The van der Waals surface area contributed by atoms with Crippen molar-refractivity contribution in [2.24, 2.45) is 0 Å². The maximum absolute atomic E-state index is 12.3. The van der Waals surface area contributed by atoms with E-state index in [1.165, 1.54) is 12.6 Å². The number of piperidine rings is 1. The number of hydrogen-bond donors (Lipinski definition) is 2. The summed E-state index contributed by atoms with van der Waals surface area (Å²) in [6.45, 7) is 3.36. The zero-order valence-electron chi connectivity index (χ0n) is 13.0. The van der Waals surface area contributed by atoms with Crippen LogP contribution in [0.4, 0.5) is 0 Å². The van der Waals surface area contributed by atoms with Crippen LogP contribution in [0.25, 0.3) is 0 Å². The molecule has 2 atom stereocenters. The Bertz CT molecular complexity index is 521. The maximum Gasteiger partial charge on any atom is 0.291 e. The van der Waals surface area contributed by atoms with Crippen LogP contribution in [-0.4, -0.2) is 64.9 Å². The largest absolute Gasteiger partial charge is 0.438 e. The normalized spacial score (nSPS) is 31.4. The Labute approximate surface area is 129 Å². The van der Waals surface area contributed by atoms with Gasteiger partial charge in [0, 0.05) is 19.1 Å². The van der Waals surface area contributed by atoms with Crippen molar-refractivity contribution in [1.82, 2.24) is 15.2 Å². The van der Waals surface area contributed by atoms with Gasteiger partial charge in [0.1, 0.15) is 5.60 Å². The third kappa shape index (κ3) is 2.76. The number of aliphatic hydroxyl groups is 1. The smallest absolute Gasteiger partial charge is 0.291 e. The second-order valence-corrected chi connectivity index (χ2v) is 6.53. The second kappa shape index (κ2) is 5.64. The lowest BCUT2D eigenvalue weighted by Crippen LogP contribution is -2.62. The van der Waals surface area contributed by atoms with E-state index in [0.29, 0.717) is 19.7 Å². The molecule has 2 N–H and O–H groups in total. The highest BCUT2D eigenvalue weighted by Crippen LogP contribution is 2.38. The maximum atomic E-state index is 12.3. The van der Waals surface area contributed by atoms with Gasteiger partial charge in [-0.05, 0) is 33.2 Å². The summed E-state index contributed by atoms with van der Waals surface area (Å²) in [5, 5.41) is 13.5. The van der Waals surface area contributed by atoms with Gasteiger partial charge in [0.25, 0.3) is 5.91 Å². The van der Waals surface area contributed by atoms with Gasteiger partial charge in [-0.2, -0.15) is 0 Å². The van der Waals surface area contributed by atoms with Crippen molar-refractivity contribution in [1.29, 1.82) is 0 Å². The van der Waals surface area contributed by atoms with E-state index in [4.69, 9.17) is 9.15 Å². The number of carbonyl (C=O) groups is 1. The highest BCUT2D eigenvalue weighted by atomic mass is 16.5. The first kappa shape index (κ1) is 15.5. The van der Waals surface area contributed by atoms with Gasteiger partial charge in [0.2, 0.25) is 5.76 Å². The van der Waals surface area contributed by atoms with Gasteiger partial charge in [-0.25, -0.2) is 4.98 Å². The summed E-state index contributed by atoms with van der Waals surface area (Å²) in [4.78, 5) is 17.8. The number of carbonyl (C=O) groups excluding carboxylic acids is 1. The van der Waals surface area contributed by atoms with Crippen molar-refractivity contribution in [3.8, 4) is 0 Å². The van der Waals surface area contributed by atoms with Crippen molar-refractivity contribution in [3.63, 3.8) is 0 Å². The minimum absolute atomic E-state index is 0.00206. The quantitative estimate of drug-likeness (QED) is 0.823. The van der Waals surface area contributed by atoms with Crippen LogP contribution in [0.2, 0.25) is 0 Å². The molecule has 0 aliphatic carbocycles. The molecule has 3 rings (SSSR count). The summed E-state index contributed by atoms with van der Waals surface area (Å²) >= 11 is 0. The fraction of sp³-hybridized carbons (Fsp3) is 0.733. The van der Waals surface area contributed by atoms with Gasteiger partial charge in [-0.3, -0.25) is 4.79 Å². The van der Waals surface area contributed by atoms with Crippen LogP contribution >= 0.6 is 0 Å². The Morgan fingerprint density at radius 2 is 2.23 bits per heavy atom.